The Balaban J connectivity index is -0.000000323. The quantitative estimate of drug-likeness (QED) is 0.426. The van der Waals surface area contributed by atoms with Crippen LogP contribution in [-0.4, -0.2) is 103 Å². The van der Waals surface area contributed by atoms with Gasteiger partial charge in [0.05, 0.1) is 11.1 Å². The van der Waals surface area contributed by atoms with Crippen LogP contribution in [0.2, 0.25) is 0 Å². The van der Waals surface area contributed by atoms with Crippen molar-refractivity contribution in [3.63, 3.8) is 0 Å². The van der Waals surface area contributed by atoms with E-state index < -0.39 is 23.9 Å². The predicted molar refractivity (Wildman–Crippen MR) is 79.1 cm³/mol. The van der Waals surface area contributed by atoms with E-state index in [1.807, 2.05) is 0 Å². The summed E-state index contributed by atoms with van der Waals surface area (Å²) in [5, 5.41) is 32.7. The van der Waals surface area contributed by atoms with E-state index in [-0.39, 0.29) is 70.2 Å². The zero-order valence-corrected chi connectivity index (χ0v) is 9.89. The molecule has 10 heteroatoms. The van der Waals surface area contributed by atoms with Gasteiger partial charge in [0.25, 0.3) is 0 Å². The zero-order valence-electron chi connectivity index (χ0n) is 9.89. The monoisotopic (exact) mass is 330 g/mol. The van der Waals surface area contributed by atoms with Gasteiger partial charge in [0.15, 0.2) is 0 Å². The van der Waals surface area contributed by atoms with Crippen LogP contribution in [0.4, 0.5) is 0 Å². The first-order valence-electron chi connectivity index (χ1n) is 4.95. The van der Waals surface area contributed by atoms with Crippen LogP contribution in [0.25, 0.3) is 0 Å². The summed E-state index contributed by atoms with van der Waals surface area (Å²) in [6.07, 6.45) is 1.12. The number of carboxylic acid groups (broad SMARTS) is 4. The predicted octanol–water partition coefficient (Wildman–Crippen LogP) is -0.502. The van der Waals surface area contributed by atoms with Gasteiger partial charge in [0.2, 0.25) is 0 Å². The van der Waals surface area contributed by atoms with Gasteiger partial charge in [-0.3, -0.25) is 0 Å². The number of aromatic carboxylic acids is 2. The number of carbonyl (C=O) groups is 4. The van der Waals surface area contributed by atoms with Gasteiger partial charge < -0.3 is 20.4 Å². The molecule has 22 heavy (non-hydrogen) atoms. The molecule has 1 aromatic rings. The van der Waals surface area contributed by atoms with Crippen molar-refractivity contribution < 1.29 is 39.6 Å². The fourth-order valence-electron chi connectivity index (χ4n) is 0.999. The van der Waals surface area contributed by atoms with E-state index in [0.717, 1.165) is 0 Å². The fourth-order valence-corrected chi connectivity index (χ4v) is 0.999. The van der Waals surface area contributed by atoms with E-state index in [9.17, 15) is 19.2 Å². The second-order valence-electron chi connectivity index (χ2n) is 3.17. The van der Waals surface area contributed by atoms with Gasteiger partial charge in [-0.25, -0.2) is 19.2 Å². The fraction of sp³-hybridized carbons (Fsp3) is 0. The molecule has 0 heterocycles. The standard InChI is InChI=1S/C8H6O4.C4H4O4.2Na.2H/c9-7(10)5-3-1-2-4-6(5)8(11)12;5-3(6)1-2-4(7)8;;;;/h1-4H,(H,9,10)(H,11,12);1-2H,(H,5,6)(H,7,8);;;;/b;2-1-;;;;. The van der Waals surface area contributed by atoms with Crippen LogP contribution >= 0.6 is 0 Å². The van der Waals surface area contributed by atoms with Crippen LogP contribution in [-0.2, 0) is 9.59 Å². The molecule has 0 spiro atoms. The summed E-state index contributed by atoms with van der Waals surface area (Å²) < 4.78 is 0. The van der Waals surface area contributed by atoms with Crippen molar-refractivity contribution in [2.75, 3.05) is 0 Å². The van der Waals surface area contributed by atoms with Crippen molar-refractivity contribution >= 4 is 83.0 Å². The van der Waals surface area contributed by atoms with Gasteiger partial charge in [-0.15, -0.1) is 0 Å². The van der Waals surface area contributed by atoms with Crippen molar-refractivity contribution in [3.05, 3.63) is 47.5 Å². The molecule has 0 saturated carbocycles. The summed E-state index contributed by atoms with van der Waals surface area (Å²) in [5.41, 5.74) is -0.380. The van der Waals surface area contributed by atoms with Gasteiger partial charge in [-0.2, -0.15) is 0 Å². The summed E-state index contributed by atoms with van der Waals surface area (Å²) in [6.45, 7) is 0. The second-order valence-corrected chi connectivity index (χ2v) is 3.17. The van der Waals surface area contributed by atoms with E-state index in [1.54, 1.807) is 0 Å². The second kappa shape index (κ2) is 13.5. The summed E-state index contributed by atoms with van der Waals surface area (Å²) in [7, 11) is 0. The zero-order chi connectivity index (χ0) is 15.7. The maximum absolute atomic E-state index is 10.5. The molecular weight excluding hydrogens is 318 g/mol. The molecule has 1 aromatic carbocycles. The molecule has 0 aliphatic heterocycles. The molecule has 1 rings (SSSR count). The van der Waals surface area contributed by atoms with Gasteiger partial charge in [-0.1, -0.05) is 12.1 Å². The topological polar surface area (TPSA) is 149 Å². The minimum absolute atomic E-state index is 0. The maximum atomic E-state index is 10.5. The van der Waals surface area contributed by atoms with Crippen molar-refractivity contribution in [2.45, 2.75) is 0 Å². The van der Waals surface area contributed by atoms with Crippen LogP contribution < -0.4 is 0 Å². The Labute approximate surface area is 169 Å². The molecule has 0 atom stereocenters. The molecule has 8 nitrogen and oxygen atoms in total. The first-order chi connectivity index (χ1) is 9.25. The summed E-state index contributed by atoms with van der Waals surface area (Å²) in [5.74, 6) is -4.97. The molecule has 0 radical (unpaired) electrons. The Bertz CT molecular complexity index is 519. The van der Waals surface area contributed by atoms with Crippen LogP contribution in [0, 0.1) is 0 Å². The van der Waals surface area contributed by atoms with Gasteiger partial charge in [-0.05, 0) is 12.1 Å². The third-order valence-corrected chi connectivity index (χ3v) is 1.76. The molecule has 0 fully saturated rings. The Morgan fingerprint density at radius 1 is 0.682 bits per heavy atom. The molecule has 0 unspecified atom stereocenters. The third kappa shape index (κ3) is 11.5. The molecule has 0 amide bonds. The Morgan fingerprint density at radius 2 is 0.955 bits per heavy atom. The summed E-state index contributed by atoms with van der Waals surface area (Å²) >= 11 is 0. The average Bonchev–Trinajstić information content (AvgIpc) is 2.37. The molecule has 0 saturated heterocycles. The van der Waals surface area contributed by atoms with Crippen LogP contribution in [0.1, 0.15) is 20.7 Å². The van der Waals surface area contributed by atoms with Gasteiger partial charge in [0, 0.05) is 12.2 Å². The number of hydrogen-bond acceptors (Lipinski definition) is 4. The Kier molecular flexibility index (Phi) is 15.8. The Morgan fingerprint density at radius 3 is 1.14 bits per heavy atom. The number of carboxylic acids is 4. The average molecular weight is 330 g/mol. The van der Waals surface area contributed by atoms with E-state index in [0.29, 0.717) is 12.2 Å². The molecule has 4 N–H and O–H groups in total. The van der Waals surface area contributed by atoms with Crippen molar-refractivity contribution in [1.82, 2.24) is 0 Å². The SMILES string of the molecule is O=C(O)/C=C\C(=O)O.O=C(O)c1ccccc1C(=O)O.[NaH].[NaH]. The molecule has 0 aromatic heterocycles. The minimum atomic E-state index is -1.26. The van der Waals surface area contributed by atoms with E-state index >= 15 is 0 Å². The number of benzene rings is 1. The van der Waals surface area contributed by atoms with E-state index in [4.69, 9.17) is 20.4 Å². The van der Waals surface area contributed by atoms with Crippen LogP contribution in [0.15, 0.2) is 36.4 Å². The van der Waals surface area contributed by atoms with Gasteiger partial charge in [0.1, 0.15) is 0 Å². The normalized spacial score (nSPS) is 8.55. The number of aliphatic carboxylic acids is 2. The van der Waals surface area contributed by atoms with Crippen LogP contribution in [0.3, 0.4) is 0 Å². The first-order valence-corrected chi connectivity index (χ1v) is 4.95. The molecule has 0 bridgehead atoms. The third-order valence-electron chi connectivity index (χ3n) is 1.76. The summed E-state index contributed by atoms with van der Waals surface area (Å²) in [6, 6.07) is 5.48. The summed E-state index contributed by atoms with van der Waals surface area (Å²) in [4.78, 5) is 40.0. The molecule has 0 aliphatic rings. The van der Waals surface area contributed by atoms with Crippen molar-refractivity contribution in [1.29, 1.82) is 0 Å². The van der Waals surface area contributed by atoms with Gasteiger partial charge >= 0.3 is 83.0 Å². The molecule has 0 aliphatic carbocycles. The Hall–Kier alpha value is -1.16. The van der Waals surface area contributed by atoms with Crippen LogP contribution in [0.5, 0.6) is 0 Å². The van der Waals surface area contributed by atoms with E-state index in [2.05, 4.69) is 0 Å². The van der Waals surface area contributed by atoms with Crippen molar-refractivity contribution in [3.8, 4) is 0 Å². The molecule has 110 valence electrons. The number of rotatable bonds is 4. The molecular formula is C12H12Na2O8. The van der Waals surface area contributed by atoms with E-state index in [1.165, 1.54) is 24.3 Å². The van der Waals surface area contributed by atoms with Crippen molar-refractivity contribution in [2.24, 2.45) is 0 Å². The number of hydrogen-bond donors (Lipinski definition) is 4. The first kappa shape index (κ1) is 25.8.